The normalized spacial score (nSPS) is 11.1. The second-order valence-electron chi connectivity index (χ2n) is 2.41. The largest absolute Gasteiger partial charge is 0.481 e. The third-order valence-electron chi connectivity index (χ3n) is 1.50. The molecule has 0 saturated heterocycles. The Morgan fingerprint density at radius 1 is 1.43 bits per heavy atom. The van der Waals surface area contributed by atoms with Gasteiger partial charge in [-0.15, -0.1) is 0 Å². The highest BCUT2D eigenvalue weighted by Gasteiger charge is 2.35. The maximum Gasteiger partial charge on any atom is 0.421 e. The lowest BCUT2D eigenvalue weighted by Gasteiger charge is -2.10. The smallest absolute Gasteiger partial charge is 0.421 e. The average molecular weight is 205 g/mol. The number of halogens is 3. The second kappa shape index (κ2) is 3.65. The Morgan fingerprint density at radius 3 is 2.50 bits per heavy atom. The monoisotopic (exact) mass is 205 g/mol. The molecule has 0 N–H and O–H groups in total. The minimum absolute atomic E-state index is 0.102. The summed E-state index contributed by atoms with van der Waals surface area (Å²) in [6.07, 6.45) is -4.18. The molecule has 0 amide bonds. The van der Waals surface area contributed by atoms with Crippen LogP contribution in [0, 0.1) is 0 Å². The van der Waals surface area contributed by atoms with Crippen LogP contribution in [-0.2, 0) is 6.18 Å². The minimum atomic E-state index is -4.53. The molecule has 1 rings (SSSR count). The summed E-state index contributed by atoms with van der Waals surface area (Å²) in [5.41, 5.74) is -1.10. The summed E-state index contributed by atoms with van der Waals surface area (Å²) in [6.45, 7) is 0. The summed E-state index contributed by atoms with van der Waals surface area (Å²) in [7, 11) is 1.06. The number of aromatic nitrogens is 1. The van der Waals surface area contributed by atoms with E-state index in [0.717, 1.165) is 19.2 Å². The number of ether oxygens (including phenoxy) is 1. The summed E-state index contributed by atoms with van der Waals surface area (Å²) < 4.78 is 41.2. The number of aldehydes is 1. The van der Waals surface area contributed by atoms with E-state index in [1.54, 1.807) is 0 Å². The first kappa shape index (κ1) is 10.5. The van der Waals surface area contributed by atoms with Crippen molar-refractivity contribution in [2.24, 2.45) is 0 Å². The molecule has 3 nitrogen and oxygen atoms in total. The Balaban J connectivity index is 3.25. The Kier molecular flexibility index (Phi) is 2.73. The average Bonchev–Trinajstić information content (AvgIpc) is 2.15. The zero-order valence-corrected chi connectivity index (χ0v) is 7.13. The van der Waals surface area contributed by atoms with Gasteiger partial charge >= 0.3 is 6.18 Å². The third kappa shape index (κ3) is 2.01. The summed E-state index contributed by atoms with van der Waals surface area (Å²) >= 11 is 0. The van der Waals surface area contributed by atoms with E-state index in [4.69, 9.17) is 0 Å². The molecular formula is C8H6F3NO2. The number of carbonyl (C=O) groups excluding carboxylic acids is 1. The van der Waals surface area contributed by atoms with E-state index in [9.17, 15) is 18.0 Å². The molecule has 0 aliphatic heterocycles. The number of methoxy groups -OCH3 is 1. The van der Waals surface area contributed by atoms with Crippen molar-refractivity contribution in [1.29, 1.82) is 0 Å². The molecule has 0 radical (unpaired) electrons. The number of rotatable bonds is 2. The van der Waals surface area contributed by atoms with Crippen molar-refractivity contribution in [3.63, 3.8) is 0 Å². The minimum Gasteiger partial charge on any atom is -0.481 e. The van der Waals surface area contributed by atoms with Gasteiger partial charge < -0.3 is 4.74 Å². The van der Waals surface area contributed by atoms with Crippen molar-refractivity contribution < 1.29 is 22.7 Å². The van der Waals surface area contributed by atoms with Crippen LogP contribution < -0.4 is 4.74 Å². The molecule has 0 fully saturated rings. The van der Waals surface area contributed by atoms with Crippen LogP contribution in [0.15, 0.2) is 12.1 Å². The molecule has 0 bridgehead atoms. The van der Waals surface area contributed by atoms with Gasteiger partial charge in [-0.1, -0.05) is 0 Å². The van der Waals surface area contributed by atoms with Gasteiger partial charge in [0.2, 0.25) is 5.88 Å². The van der Waals surface area contributed by atoms with Crippen molar-refractivity contribution in [1.82, 2.24) is 4.98 Å². The summed E-state index contributed by atoms with van der Waals surface area (Å²) in [4.78, 5) is 13.6. The first-order valence-corrected chi connectivity index (χ1v) is 3.56. The van der Waals surface area contributed by atoms with Crippen LogP contribution >= 0.6 is 0 Å². The first-order valence-electron chi connectivity index (χ1n) is 3.56. The van der Waals surface area contributed by atoms with Crippen LogP contribution in [0.5, 0.6) is 5.88 Å². The topological polar surface area (TPSA) is 39.2 Å². The van der Waals surface area contributed by atoms with Crippen molar-refractivity contribution in [3.8, 4) is 5.88 Å². The summed E-state index contributed by atoms with van der Waals surface area (Å²) in [6, 6.07) is 1.74. The number of hydrogen-bond donors (Lipinski definition) is 0. The van der Waals surface area contributed by atoms with Crippen LogP contribution in [-0.4, -0.2) is 18.4 Å². The zero-order chi connectivity index (χ0) is 10.8. The lowest BCUT2D eigenvalue weighted by atomic mass is 10.2. The van der Waals surface area contributed by atoms with Gasteiger partial charge in [0.05, 0.1) is 7.11 Å². The number of carbonyl (C=O) groups is 1. The molecule has 1 heterocycles. The van der Waals surface area contributed by atoms with Crippen molar-refractivity contribution in [3.05, 3.63) is 23.4 Å². The third-order valence-corrected chi connectivity index (χ3v) is 1.50. The van der Waals surface area contributed by atoms with E-state index in [1.807, 2.05) is 0 Å². The SMILES string of the molecule is COc1nc(C=O)ccc1C(F)(F)F. The van der Waals surface area contributed by atoms with Crippen molar-refractivity contribution in [2.75, 3.05) is 7.11 Å². The fraction of sp³-hybridized carbons (Fsp3) is 0.250. The molecule has 1 aromatic heterocycles. The zero-order valence-electron chi connectivity index (χ0n) is 7.13. The van der Waals surface area contributed by atoms with Gasteiger partial charge in [-0.3, -0.25) is 4.79 Å². The van der Waals surface area contributed by atoms with Crippen LogP contribution in [0.1, 0.15) is 16.1 Å². The standard InChI is InChI=1S/C8H6F3NO2/c1-14-7-6(8(9,10)11)3-2-5(4-13)12-7/h2-4H,1H3. The van der Waals surface area contributed by atoms with Gasteiger partial charge in [-0.05, 0) is 12.1 Å². The predicted octanol–water partition coefficient (Wildman–Crippen LogP) is 1.92. The lowest BCUT2D eigenvalue weighted by Crippen LogP contribution is -2.09. The van der Waals surface area contributed by atoms with Gasteiger partial charge in [0.15, 0.2) is 6.29 Å². The Labute approximate surface area is 77.5 Å². The van der Waals surface area contributed by atoms with Gasteiger partial charge in [0, 0.05) is 0 Å². The molecule has 0 aliphatic carbocycles. The number of nitrogens with zero attached hydrogens (tertiary/aromatic N) is 1. The summed E-state index contributed by atoms with van der Waals surface area (Å²) in [5.74, 6) is -0.595. The molecule has 0 aliphatic rings. The molecule has 0 aromatic carbocycles. The van der Waals surface area contributed by atoms with Crippen LogP contribution in [0.2, 0.25) is 0 Å². The highest BCUT2D eigenvalue weighted by molar-refractivity contribution is 5.72. The Morgan fingerprint density at radius 2 is 2.07 bits per heavy atom. The van der Waals surface area contributed by atoms with E-state index in [2.05, 4.69) is 9.72 Å². The molecule has 14 heavy (non-hydrogen) atoms. The van der Waals surface area contributed by atoms with Gasteiger partial charge in [-0.25, -0.2) is 4.98 Å². The highest BCUT2D eigenvalue weighted by atomic mass is 19.4. The van der Waals surface area contributed by atoms with Crippen LogP contribution in [0.4, 0.5) is 13.2 Å². The lowest BCUT2D eigenvalue weighted by molar-refractivity contribution is -0.139. The van der Waals surface area contributed by atoms with Gasteiger partial charge in [0.25, 0.3) is 0 Å². The highest BCUT2D eigenvalue weighted by Crippen LogP contribution is 2.34. The molecule has 0 atom stereocenters. The van der Waals surface area contributed by atoms with Gasteiger partial charge in [0.1, 0.15) is 11.3 Å². The fourth-order valence-corrected chi connectivity index (χ4v) is 0.892. The van der Waals surface area contributed by atoms with E-state index in [-0.39, 0.29) is 5.69 Å². The fourth-order valence-electron chi connectivity index (χ4n) is 0.892. The number of pyridine rings is 1. The predicted molar refractivity (Wildman–Crippen MR) is 41.2 cm³/mol. The quantitative estimate of drug-likeness (QED) is 0.692. The van der Waals surface area contributed by atoms with E-state index >= 15 is 0 Å². The Hall–Kier alpha value is -1.59. The second-order valence-corrected chi connectivity index (χ2v) is 2.41. The van der Waals surface area contributed by atoms with Crippen molar-refractivity contribution in [2.45, 2.75) is 6.18 Å². The van der Waals surface area contributed by atoms with Crippen LogP contribution in [0.25, 0.3) is 0 Å². The molecule has 0 saturated carbocycles. The molecule has 1 aromatic rings. The Bertz CT molecular complexity index is 349. The molecule has 0 unspecified atom stereocenters. The number of hydrogen-bond acceptors (Lipinski definition) is 3. The molecule has 0 spiro atoms. The summed E-state index contributed by atoms with van der Waals surface area (Å²) in [5, 5.41) is 0. The maximum atomic E-state index is 12.3. The van der Waals surface area contributed by atoms with E-state index in [1.165, 1.54) is 0 Å². The van der Waals surface area contributed by atoms with Crippen LogP contribution in [0.3, 0.4) is 0 Å². The maximum absolute atomic E-state index is 12.3. The molecular weight excluding hydrogens is 199 g/mol. The van der Waals surface area contributed by atoms with Crippen molar-refractivity contribution >= 4 is 6.29 Å². The van der Waals surface area contributed by atoms with E-state index in [0.29, 0.717) is 6.29 Å². The number of alkyl halides is 3. The molecule has 6 heteroatoms. The first-order chi connectivity index (χ1) is 6.49. The van der Waals surface area contributed by atoms with E-state index < -0.39 is 17.6 Å². The molecule has 76 valence electrons. The van der Waals surface area contributed by atoms with Gasteiger partial charge in [-0.2, -0.15) is 13.2 Å².